The summed E-state index contributed by atoms with van der Waals surface area (Å²) in [5.41, 5.74) is 2.85. The van der Waals surface area contributed by atoms with E-state index in [0.29, 0.717) is 12.3 Å². The van der Waals surface area contributed by atoms with E-state index in [0.717, 1.165) is 16.7 Å². The molecule has 1 N–H and O–H groups in total. The van der Waals surface area contributed by atoms with Crippen LogP contribution in [-0.2, 0) is 27.9 Å². The molecule has 0 aliphatic rings. The standard InChI is InChI=1S/C24H26N2O4S/c1-19-7-6-10-21(15-19)16-25-24(27)18-26(17-20-8-4-3-5-9-20)31(28,29)23-13-11-22(30-2)12-14-23/h3-15H,16-18H2,1-2H3,(H,25,27). The number of rotatable bonds is 9. The number of methoxy groups -OCH3 is 1. The van der Waals surface area contributed by atoms with Crippen LogP contribution in [0.4, 0.5) is 0 Å². The Labute approximate surface area is 183 Å². The van der Waals surface area contributed by atoms with Crippen LogP contribution in [0.15, 0.2) is 83.8 Å². The first-order chi connectivity index (χ1) is 14.9. The minimum Gasteiger partial charge on any atom is -0.497 e. The number of sulfonamides is 1. The Kier molecular flexibility index (Phi) is 7.44. The zero-order valence-corrected chi connectivity index (χ0v) is 18.4. The Balaban J connectivity index is 1.79. The van der Waals surface area contributed by atoms with Gasteiger partial charge in [-0.1, -0.05) is 60.2 Å². The number of hydrogen-bond donors (Lipinski definition) is 1. The van der Waals surface area contributed by atoms with E-state index in [2.05, 4.69) is 5.32 Å². The first-order valence-electron chi connectivity index (χ1n) is 9.89. The van der Waals surface area contributed by atoms with E-state index >= 15 is 0 Å². The Morgan fingerprint density at radius 3 is 2.26 bits per heavy atom. The molecule has 3 aromatic carbocycles. The van der Waals surface area contributed by atoms with Crippen LogP contribution in [-0.4, -0.2) is 32.3 Å². The Morgan fingerprint density at radius 1 is 0.935 bits per heavy atom. The van der Waals surface area contributed by atoms with Gasteiger partial charge in [0.05, 0.1) is 18.6 Å². The van der Waals surface area contributed by atoms with Gasteiger partial charge in [0.1, 0.15) is 5.75 Å². The van der Waals surface area contributed by atoms with E-state index in [1.54, 1.807) is 12.1 Å². The largest absolute Gasteiger partial charge is 0.497 e. The molecule has 0 spiro atoms. The number of amides is 1. The molecule has 6 nitrogen and oxygen atoms in total. The van der Waals surface area contributed by atoms with Crippen LogP contribution < -0.4 is 10.1 Å². The van der Waals surface area contributed by atoms with E-state index in [9.17, 15) is 13.2 Å². The molecule has 3 aromatic rings. The molecule has 0 aromatic heterocycles. The number of carbonyl (C=O) groups is 1. The van der Waals surface area contributed by atoms with Crippen molar-refractivity contribution in [2.75, 3.05) is 13.7 Å². The Bertz CT molecular complexity index is 1110. The van der Waals surface area contributed by atoms with Crippen molar-refractivity contribution in [2.24, 2.45) is 0 Å². The lowest BCUT2D eigenvalue weighted by atomic mass is 10.1. The molecule has 0 aliphatic heterocycles. The molecule has 0 aliphatic carbocycles. The van der Waals surface area contributed by atoms with Gasteiger partial charge in [0.2, 0.25) is 15.9 Å². The molecule has 31 heavy (non-hydrogen) atoms. The fourth-order valence-corrected chi connectivity index (χ4v) is 4.53. The molecular weight excluding hydrogens is 412 g/mol. The van der Waals surface area contributed by atoms with Crippen LogP contribution >= 0.6 is 0 Å². The monoisotopic (exact) mass is 438 g/mol. The minimum atomic E-state index is -3.89. The highest BCUT2D eigenvalue weighted by Crippen LogP contribution is 2.21. The van der Waals surface area contributed by atoms with Gasteiger partial charge >= 0.3 is 0 Å². The van der Waals surface area contributed by atoms with Gasteiger partial charge in [-0.2, -0.15) is 4.31 Å². The Hall–Kier alpha value is -3.16. The second kappa shape index (κ2) is 10.2. The molecule has 0 atom stereocenters. The highest BCUT2D eigenvalue weighted by atomic mass is 32.2. The minimum absolute atomic E-state index is 0.0903. The molecule has 7 heteroatoms. The van der Waals surface area contributed by atoms with Crippen molar-refractivity contribution in [2.45, 2.75) is 24.9 Å². The van der Waals surface area contributed by atoms with Crippen LogP contribution in [0.5, 0.6) is 5.75 Å². The predicted molar refractivity (Wildman–Crippen MR) is 120 cm³/mol. The van der Waals surface area contributed by atoms with Gasteiger partial charge in [0.25, 0.3) is 0 Å². The van der Waals surface area contributed by atoms with Crippen LogP contribution in [0.3, 0.4) is 0 Å². The van der Waals surface area contributed by atoms with E-state index < -0.39 is 10.0 Å². The zero-order valence-electron chi connectivity index (χ0n) is 17.6. The SMILES string of the molecule is COc1ccc(S(=O)(=O)N(CC(=O)NCc2cccc(C)c2)Cc2ccccc2)cc1. The van der Waals surface area contributed by atoms with Crippen LogP contribution in [0.2, 0.25) is 0 Å². The van der Waals surface area contributed by atoms with Gasteiger partial charge < -0.3 is 10.1 Å². The molecule has 0 saturated carbocycles. The summed E-state index contributed by atoms with van der Waals surface area (Å²) in [5.74, 6) is 0.194. The maximum absolute atomic E-state index is 13.3. The van der Waals surface area contributed by atoms with Gasteiger partial charge in [-0.3, -0.25) is 4.79 Å². The summed E-state index contributed by atoms with van der Waals surface area (Å²) in [4.78, 5) is 12.8. The van der Waals surface area contributed by atoms with Gasteiger partial charge in [-0.15, -0.1) is 0 Å². The van der Waals surface area contributed by atoms with Crippen molar-refractivity contribution >= 4 is 15.9 Å². The summed E-state index contributed by atoms with van der Waals surface area (Å²) >= 11 is 0. The third-order valence-electron chi connectivity index (χ3n) is 4.79. The summed E-state index contributed by atoms with van der Waals surface area (Å²) in [6.07, 6.45) is 0. The summed E-state index contributed by atoms with van der Waals surface area (Å²) in [7, 11) is -2.37. The number of ether oxygens (including phenoxy) is 1. The number of carbonyl (C=O) groups excluding carboxylic acids is 1. The van der Waals surface area contributed by atoms with E-state index in [1.807, 2.05) is 61.5 Å². The van der Waals surface area contributed by atoms with Gasteiger partial charge in [0, 0.05) is 13.1 Å². The average molecular weight is 439 g/mol. The normalized spacial score (nSPS) is 11.3. The number of benzene rings is 3. The molecule has 0 heterocycles. The third kappa shape index (κ3) is 6.16. The number of aryl methyl sites for hydroxylation is 1. The van der Waals surface area contributed by atoms with Crippen molar-refractivity contribution < 1.29 is 17.9 Å². The molecule has 162 valence electrons. The second-order valence-corrected chi connectivity index (χ2v) is 9.14. The van der Waals surface area contributed by atoms with Gasteiger partial charge in [-0.25, -0.2) is 8.42 Å². The Morgan fingerprint density at radius 2 is 1.61 bits per heavy atom. The summed E-state index contributed by atoms with van der Waals surface area (Å²) in [5, 5.41) is 2.82. The molecule has 0 saturated heterocycles. The van der Waals surface area contributed by atoms with Gasteiger partial charge in [-0.05, 0) is 42.3 Å². The van der Waals surface area contributed by atoms with Crippen molar-refractivity contribution in [3.05, 3.63) is 95.6 Å². The molecule has 0 bridgehead atoms. The average Bonchev–Trinajstić information content (AvgIpc) is 2.78. The molecule has 3 rings (SSSR count). The lowest BCUT2D eigenvalue weighted by molar-refractivity contribution is -0.121. The highest BCUT2D eigenvalue weighted by molar-refractivity contribution is 7.89. The third-order valence-corrected chi connectivity index (χ3v) is 6.60. The van der Waals surface area contributed by atoms with Crippen LogP contribution in [0.25, 0.3) is 0 Å². The van der Waals surface area contributed by atoms with Gasteiger partial charge in [0.15, 0.2) is 0 Å². The van der Waals surface area contributed by atoms with E-state index in [1.165, 1.54) is 23.5 Å². The lowest BCUT2D eigenvalue weighted by Gasteiger charge is -2.22. The smallest absolute Gasteiger partial charge is 0.243 e. The molecule has 1 amide bonds. The highest BCUT2D eigenvalue weighted by Gasteiger charge is 2.27. The summed E-state index contributed by atoms with van der Waals surface area (Å²) in [6, 6.07) is 23.2. The number of nitrogens with zero attached hydrogens (tertiary/aromatic N) is 1. The topological polar surface area (TPSA) is 75.7 Å². The lowest BCUT2D eigenvalue weighted by Crippen LogP contribution is -2.40. The van der Waals surface area contributed by atoms with Crippen LogP contribution in [0.1, 0.15) is 16.7 Å². The maximum Gasteiger partial charge on any atom is 0.243 e. The fourth-order valence-electron chi connectivity index (χ4n) is 3.15. The van der Waals surface area contributed by atoms with Crippen molar-refractivity contribution in [3.8, 4) is 5.75 Å². The van der Waals surface area contributed by atoms with Crippen molar-refractivity contribution in [3.63, 3.8) is 0 Å². The summed E-state index contributed by atoms with van der Waals surface area (Å²) in [6.45, 7) is 2.12. The quantitative estimate of drug-likeness (QED) is 0.555. The van der Waals surface area contributed by atoms with Crippen molar-refractivity contribution in [1.82, 2.24) is 9.62 Å². The predicted octanol–water partition coefficient (Wildman–Crippen LogP) is 3.51. The summed E-state index contributed by atoms with van der Waals surface area (Å²) < 4.78 is 32.9. The van der Waals surface area contributed by atoms with Crippen LogP contribution in [0, 0.1) is 6.92 Å². The maximum atomic E-state index is 13.3. The molecular formula is C24H26N2O4S. The first kappa shape index (κ1) is 22.5. The van der Waals surface area contributed by atoms with E-state index in [4.69, 9.17) is 4.74 Å². The molecule has 0 fully saturated rings. The van der Waals surface area contributed by atoms with E-state index in [-0.39, 0.29) is 23.9 Å². The second-order valence-electron chi connectivity index (χ2n) is 7.20. The zero-order chi connectivity index (χ0) is 22.3. The number of hydrogen-bond acceptors (Lipinski definition) is 4. The molecule has 0 radical (unpaired) electrons. The fraction of sp³-hybridized carbons (Fsp3) is 0.208. The van der Waals surface area contributed by atoms with Crippen molar-refractivity contribution in [1.29, 1.82) is 0 Å². The first-order valence-corrected chi connectivity index (χ1v) is 11.3. The molecule has 0 unspecified atom stereocenters. The number of nitrogens with one attached hydrogen (secondary N) is 1.